The molecule has 0 radical (unpaired) electrons. The molecular formula is C19H12F2N2O. The Bertz CT molecular complexity index is 1020. The summed E-state index contributed by atoms with van der Waals surface area (Å²) in [6.45, 7) is 1.93. The van der Waals surface area contributed by atoms with Gasteiger partial charge in [0.25, 0.3) is 5.56 Å². The number of pyridine rings is 1. The van der Waals surface area contributed by atoms with E-state index in [4.69, 9.17) is 0 Å². The first-order chi connectivity index (χ1) is 11.5. The lowest BCUT2D eigenvalue weighted by molar-refractivity contribution is 0.603. The fraction of sp³-hybridized carbons (Fsp3) is 0.0526. The molecule has 118 valence electrons. The second-order valence-corrected chi connectivity index (χ2v) is 5.40. The molecule has 3 aromatic rings. The highest BCUT2D eigenvalue weighted by Crippen LogP contribution is 2.28. The molecule has 1 N–H and O–H groups in total. The van der Waals surface area contributed by atoms with Gasteiger partial charge < -0.3 is 4.98 Å². The zero-order chi connectivity index (χ0) is 17.3. The quantitative estimate of drug-likeness (QED) is 0.770. The number of benzene rings is 2. The van der Waals surface area contributed by atoms with Gasteiger partial charge in [-0.3, -0.25) is 4.79 Å². The van der Waals surface area contributed by atoms with Crippen LogP contribution in [-0.4, -0.2) is 4.98 Å². The summed E-state index contributed by atoms with van der Waals surface area (Å²) in [4.78, 5) is 14.8. The molecule has 0 amide bonds. The predicted octanol–water partition coefficient (Wildman–Crippen LogP) is 4.17. The first-order valence-corrected chi connectivity index (χ1v) is 7.19. The average Bonchev–Trinajstić information content (AvgIpc) is 2.57. The summed E-state index contributed by atoms with van der Waals surface area (Å²) in [6.07, 6.45) is 0. The molecule has 0 aliphatic heterocycles. The molecule has 0 spiro atoms. The van der Waals surface area contributed by atoms with Crippen LogP contribution in [0.25, 0.3) is 22.4 Å². The number of hydrogen-bond acceptors (Lipinski definition) is 2. The molecule has 3 rings (SSSR count). The normalized spacial score (nSPS) is 10.4. The van der Waals surface area contributed by atoms with E-state index in [0.29, 0.717) is 11.3 Å². The molecule has 0 aliphatic carbocycles. The zero-order valence-electron chi connectivity index (χ0n) is 12.7. The van der Waals surface area contributed by atoms with Crippen molar-refractivity contribution in [1.82, 2.24) is 4.98 Å². The minimum Gasteiger partial charge on any atom is -0.321 e. The maximum atomic E-state index is 14.1. The summed E-state index contributed by atoms with van der Waals surface area (Å²) in [5.74, 6) is -1.35. The van der Waals surface area contributed by atoms with Gasteiger partial charge in [-0.15, -0.1) is 0 Å². The van der Waals surface area contributed by atoms with Crippen molar-refractivity contribution in [3.63, 3.8) is 0 Å². The van der Waals surface area contributed by atoms with E-state index in [2.05, 4.69) is 4.98 Å². The van der Waals surface area contributed by atoms with Gasteiger partial charge in [-0.2, -0.15) is 5.26 Å². The lowest BCUT2D eigenvalue weighted by Gasteiger charge is -2.09. The zero-order valence-corrected chi connectivity index (χ0v) is 12.7. The van der Waals surface area contributed by atoms with Crippen molar-refractivity contribution < 1.29 is 8.78 Å². The van der Waals surface area contributed by atoms with Gasteiger partial charge in [-0.1, -0.05) is 29.8 Å². The topological polar surface area (TPSA) is 56.6 Å². The van der Waals surface area contributed by atoms with Crippen LogP contribution in [0.3, 0.4) is 0 Å². The summed E-state index contributed by atoms with van der Waals surface area (Å²) < 4.78 is 27.6. The van der Waals surface area contributed by atoms with Crippen molar-refractivity contribution in [2.24, 2.45) is 0 Å². The first-order valence-electron chi connectivity index (χ1n) is 7.19. The Kier molecular flexibility index (Phi) is 3.97. The van der Waals surface area contributed by atoms with Crippen molar-refractivity contribution >= 4 is 0 Å². The van der Waals surface area contributed by atoms with E-state index < -0.39 is 17.2 Å². The number of hydrogen-bond donors (Lipinski definition) is 1. The molecule has 0 atom stereocenters. The van der Waals surface area contributed by atoms with Crippen molar-refractivity contribution in [3.05, 3.63) is 81.6 Å². The Morgan fingerprint density at radius 1 is 1.00 bits per heavy atom. The Labute approximate surface area is 136 Å². The largest absolute Gasteiger partial charge is 0.321 e. The van der Waals surface area contributed by atoms with Crippen LogP contribution >= 0.6 is 0 Å². The van der Waals surface area contributed by atoms with E-state index in [1.165, 1.54) is 6.07 Å². The number of aromatic amines is 1. The van der Waals surface area contributed by atoms with Gasteiger partial charge in [0.05, 0.1) is 0 Å². The van der Waals surface area contributed by atoms with Crippen LogP contribution in [0.15, 0.2) is 53.3 Å². The lowest BCUT2D eigenvalue weighted by atomic mass is 9.98. The molecule has 24 heavy (non-hydrogen) atoms. The van der Waals surface area contributed by atoms with Gasteiger partial charge in [0, 0.05) is 16.8 Å². The van der Waals surface area contributed by atoms with E-state index in [9.17, 15) is 18.8 Å². The number of aromatic nitrogens is 1. The molecule has 0 bridgehead atoms. The van der Waals surface area contributed by atoms with E-state index in [-0.39, 0.29) is 16.7 Å². The molecule has 0 unspecified atom stereocenters. The third kappa shape index (κ3) is 2.82. The molecule has 1 heterocycles. The average molecular weight is 322 g/mol. The van der Waals surface area contributed by atoms with E-state index in [1.54, 1.807) is 18.2 Å². The smallest absolute Gasteiger partial charge is 0.266 e. The molecule has 0 aliphatic rings. The highest BCUT2D eigenvalue weighted by Gasteiger charge is 2.16. The minimum atomic E-state index is -0.701. The Morgan fingerprint density at radius 3 is 2.38 bits per heavy atom. The first kappa shape index (κ1) is 15.6. The molecule has 0 fully saturated rings. The second kappa shape index (κ2) is 6.09. The fourth-order valence-corrected chi connectivity index (χ4v) is 2.48. The van der Waals surface area contributed by atoms with E-state index in [1.807, 2.05) is 19.1 Å². The summed E-state index contributed by atoms with van der Waals surface area (Å²) >= 11 is 0. The van der Waals surface area contributed by atoms with Gasteiger partial charge in [0.1, 0.15) is 23.3 Å². The maximum absolute atomic E-state index is 14.1. The number of nitrogens with one attached hydrogen (secondary N) is 1. The van der Waals surface area contributed by atoms with Crippen LogP contribution in [-0.2, 0) is 0 Å². The number of nitriles is 1. The van der Waals surface area contributed by atoms with Crippen molar-refractivity contribution in [1.29, 1.82) is 5.26 Å². The summed E-state index contributed by atoms with van der Waals surface area (Å²) in [5.41, 5.74) is 1.23. The lowest BCUT2D eigenvalue weighted by Crippen LogP contribution is -2.13. The monoisotopic (exact) mass is 322 g/mol. The third-order valence-corrected chi connectivity index (χ3v) is 3.73. The van der Waals surface area contributed by atoms with Crippen LogP contribution < -0.4 is 5.56 Å². The number of halogens is 2. The standard InChI is InChI=1S/C19H12F2N2O/c1-11-2-4-12(5-3-11)18-9-14(16(10-22)19(24)23-18)15-8-13(20)6-7-17(15)21/h2-9H,1H3,(H,23,24). The van der Waals surface area contributed by atoms with Gasteiger partial charge in [0.2, 0.25) is 0 Å². The Balaban J connectivity index is 2.29. The molecular weight excluding hydrogens is 310 g/mol. The maximum Gasteiger partial charge on any atom is 0.266 e. The number of aryl methyl sites for hydroxylation is 1. The van der Waals surface area contributed by atoms with Crippen molar-refractivity contribution in [2.45, 2.75) is 6.92 Å². The minimum absolute atomic E-state index is 0.0637. The number of nitrogens with zero attached hydrogens (tertiary/aromatic N) is 1. The SMILES string of the molecule is Cc1ccc(-c2cc(-c3cc(F)ccc3F)c(C#N)c(=O)[nH]2)cc1. The van der Waals surface area contributed by atoms with Gasteiger partial charge >= 0.3 is 0 Å². The Hall–Kier alpha value is -3.26. The van der Waals surface area contributed by atoms with E-state index in [0.717, 1.165) is 23.8 Å². The fourth-order valence-electron chi connectivity index (χ4n) is 2.48. The van der Waals surface area contributed by atoms with Crippen LogP contribution in [0.4, 0.5) is 8.78 Å². The van der Waals surface area contributed by atoms with Crippen LogP contribution in [0.1, 0.15) is 11.1 Å². The number of H-pyrrole nitrogens is 1. The highest BCUT2D eigenvalue weighted by atomic mass is 19.1. The van der Waals surface area contributed by atoms with E-state index >= 15 is 0 Å². The number of rotatable bonds is 2. The molecule has 0 saturated heterocycles. The Morgan fingerprint density at radius 2 is 1.71 bits per heavy atom. The van der Waals surface area contributed by atoms with Crippen LogP contribution in [0.5, 0.6) is 0 Å². The molecule has 2 aromatic carbocycles. The molecule has 5 heteroatoms. The third-order valence-electron chi connectivity index (χ3n) is 3.73. The van der Waals surface area contributed by atoms with Gasteiger partial charge in [-0.05, 0) is 36.8 Å². The van der Waals surface area contributed by atoms with Crippen LogP contribution in [0.2, 0.25) is 0 Å². The molecule has 1 aromatic heterocycles. The highest BCUT2D eigenvalue weighted by molar-refractivity contribution is 5.75. The predicted molar refractivity (Wildman–Crippen MR) is 87.3 cm³/mol. The summed E-state index contributed by atoms with van der Waals surface area (Å²) in [7, 11) is 0. The summed E-state index contributed by atoms with van der Waals surface area (Å²) in [6, 6.07) is 13.5. The van der Waals surface area contributed by atoms with Crippen molar-refractivity contribution in [2.75, 3.05) is 0 Å². The summed E-state index contributed by atoms with van der Waals surface area (Å²) in [5, 5.41) is 9.23. The van der Waals surface area contributed by atoms with Gasteiger partial charge in [0.15, 0.2) is 0 Å². The molecule has 0 saturated carbocycles. The second-order valence-electron chi connectivity index (χ2n) is 5.40. The van der Waals surface area contributed by atoms with Crippen LogP contribution in [0, 0.1) is 29.9 Å². The van der Waals surface area contributed by atoms with Crippen molar-refractivity contribution in [3.8, 4) is 28.5 Å². The molecule has 3 nitrogen and oxygen atoms in total. The van der Waals surface area contributed by atoms with Gasteiger partial charge in [-0.25, -0.2) is 8.78 Å².